The van der Waals surface area contributed by atoms with E-state index in [2.05, 4.69) is 10.3 Å². The van der Waals surface area contributed by atoms with E-state index in [9.17, 15) is 4.79 Å². The van der Waals surface area contributed by atoms with Gasteiger partial charge in [0.15, 0.2) is 12.2 Å². The number of benzene rings is 2. The van der Waals surface area contributed by atoms with E-state index < -0.39 is 0 Å². The molecule has 0 saturated carbocycles. The second-order valence-corrected chi connectivity index (χ2v) is 6.54. The van der Waals surface area contributed by atoms with E-state index in [0.717, 1.165) is 22.6 Å². The molecule has 122 valence electrons. The van der Waals surface area contributed by atoms with Gasteiger partial charge in [0, 0.05) is 22.0 Å². The van der Waals surface area contributed by atoms with Gasteiger partial charge in [-0.2, -0.15) is 0 Å². The van der Waals surface area contributed by atoms with Crippen LogP contribution < -0.4 is 5.32 Å². The Hall–Kier alpha value is -2.24. The number of hydrogen-bond acceptors (Lipinski definition) is 4. The first kappa shape index (κ1) is 16.6. The van der Waals surface area contributed by atoms with Gasteiger partial charge in [0.05, 0.1) is 11.9 Å². The lowest BCUT2D eigenvalue weighted by Gasteiger charge is -2.07. The predicted octanol–water partition coefficient (Wildman–Crippen LogP) is 4.87. The highest BCUT2D eigenvalue weighted by Gasteiger charge is 2.06. The highest BCUT2D eigenvalue weighted by atomic mass is 35.5. The van der Waals surface area contributed by atoms with Gasteiger partial charge in [-0.05, 0) is 29.8 Å². The molecule has 0 aliphatic rings. The van der Waals surface area contributed by atoms with E-state index >= 15 is 0 Å². The summed E-state index contributed by atoms with van der Waals surface area (Å²) in [5.41, 5.74) is 2.71. The minimum Gasteiger partial charge on any atom is -0.444 e. The fraction of sp³-hybridized carbons (Fsp3) is 0.111. The van der Waals surface area contributed by atoms with Gasteiger partial charge in [0.2, 0.25) is 5.91 Å². The van der Waals surface area contributed by atoms with Crippen molar-refractivity contribution in [2.24, 2.45) is 0 Å². The lowest BCUT2D eigenvalue weighted by atomic mass is 10.1. The highest BCUT2D eigenvalue weighted by Crippen LogP contribution is 2.22. The molecule has 3 rings (SSSR count). The molecular weight excluding hydrogens is 344 g/mol. The number of anilines is 1. The molecule has 0 radical (unpaired) electrons. The van der Waals surface area contributed by atoms with E-state index in [0.29, 0.717) is 16.5 Å². The normalized spacial score (nSPS) is 10.5. The van der Waals surface area contributed by atoms with Crippen LogP contribution in [-0.4, -0.2) is 16.6 Å². The lowest BCUT2D eigenvalue weighted by molar-refractivity contribution is -0.113. The quantitative estimate of drug-likeness (QED) is 0.683. The van der Waals surface area contributed by atoms with Crippen molar-refractivity contribution in [2.75, 3.05) is 11.1 Å². The maximum absolute atomic E-state index is 12.1. The molecule has 4 nitrogen and oxygen atoms in total. The van der Waals surface area contributed by atoms with Crippen LogP contribution in [0.15, 0.2) is 65.5 Å². The van der Waals surface area contributed by atoms with Crippen molar-refractivity contribution in [3.63, 3.8) is 0 Å². The van der Waals surface area contributed by atoms with Crippen LogP contribution in [0.4, 0.5) is 5.69 Å². The number of oxazole rings is 1. The van der Waals surface area contributed by atoms with Crippen molar-refractivity contribution in [3.05, 3.63) is 71.7 Å². The van der Waals surface area contributed by atoms with Crippen LogP contribution in [0.2, 0.25) is 5.02 Å². The third-order valence-electron chi connectivity index (χ3n) is 3.25. The fourth-order valence-corrected chi connectivity index (χ4v) is 3.18. The molecule has 0 atom stereocenters. The molecule has 0 spiro atoms. The van der Waals surface area contributed by atoms with E-state index in [-0.39, 0.29) is 5.91 Å². The summed E-state index contributed by atoms with van der Waals surface area (Å²) in [5.74, 6) is 1.74. The molecule has 3 aromatic rings. The minimum atomic E-state index is -0.0447. The minimum absolute atomic E-state index is 0.0447. The molecule has 0 aliphatic heterocycles. The van der Waals surface area contributed by atoms with Crippen molar-refractivity contribution >= 4 is 35.0 Å². The lowest BCUT2D eigenvalue weighted by Crippen LogP contribution is -2.14. The maximum Gasteiger partial charge on any atom is 0.234 e. The number of halogens is 1. The first-order valence-electron chi connectivity index (χ1n) is 7.32. The number of carbonyl (C=O) groups excluding carboxylic acids is 1. The molecule has 0 aliphatic carbocycles. The van der Waals surface area contributed by atoms with Crippen molar-refractivity contribution in [3.8, 4) is 11.3 Å². The Kier molecular flexibility index (Phi) is 5.56. The van der Waals surface area contributed by atoms with E-state index in [1.54, 1.807) is 18.0 Å². The molecule has 1 amide bonds. The molecule has 1 aromatic heterocycles. The van der Waals surface area contributed by atoms with Crippen molar-refractivity contribution in [1.82, 2.24) is 4.98 Å². The van der Waals surface area contributed by atoms with E-state index in [1.807, 2.05) is 48.5 Å². The van der Waals surface area contributed by atoms with E-state index in [4.69, 9.17) is 16.0 Å². The monoisotopic (exact) mass is 358 g/mol. The molecule has 6 heteroatoms. The maximum atomic E-state index is 12.1. The van der Waals surface area contributed by atoms with Crippen molar-refractivity contribution in [2.45, 2.75) is 5.75 Å². The van der Waals surface area contributed by atoms with E-state index in [1.165, 1.54) is 6.39 Å². The van der Waals surface area contributed by atoms with Gasteiger partial charge in [-0.1, -0.05) is 35.9 Å². The van der Waals surface area contributed by atoms with Gasteiger partial charge >= 0.3 is 0 Å². The van der Waals surface area contributed by atoms with Crippen LogP contribution in [0.1, 0.15) is 5.56 Å². The van der Waals surface area contributed by atoms with Gasteiger partial charge in [0.25, 0.3) is 0 Å². The van der Waals surface area contributed by atoms with Crippen LogP contribution >= 0.6 is 23.4 Å². The summed E-state index contributed by atoms with van der Waals surface area (Å²) in [6.45, 7) is 0. The molecule has 0 unspecified atom stereocenters. The summed E-state index contributed by atoms with van der Waals surface area (Å²) in [6.07, 6.45) is 3.02. The van der Waals surface area contributed by atoms with Crippen LogP contribution in [-0.2, 0) is 10.5 Å². The van der Waals surface area contributed by atoms with Gasteiger partial charge < -0.3 is 9.73 Å². The summed E-state index contributed by atoms with van der Waals surface area (Å²) < 4.78 is 5.26. The summed E-state index contributed by atoms with van der Waals surface area (Å²) >= 11 is 7.50. The van der Waals surface area contributed by atoms with Gasteiger partial charge in [-0.25, -0.2) is 4.98 Å². The molecule has 24 heavy (non-hydrogen) atoms. The summed E-state index contributed by atoms with van der Waals surface area (Å²) in [5, 5.41) is 3.60. The Labute approximate surface area is 149 Å². The van der Waals surface area contributed by atoms with Crippen molar-refractivity contribution < 1.29 is 9.21 Å². The van der Waals surface area contributed by atoms with Crippen LogP contribution in [0.3, 0.4) is 0 Å². The van der Waals surface area contributed by atoms with Gasteiger partial charge in [-0.3, -0.25) is 4.79 Å². The number of nitrogens with zero attached hydrogens (tertiary/aromatic N) is 1. The second kappa shape index (κ2) is 8.04. The first-order valence-corrected chi connectivity index (χ1v) is 8.85. The number of hydrogen-bond donors (Lipinski definition) is 1. The Balaban J connectivity index is 1.52. The third-order valence-corrected chi connectivity index (χ3v) is 4.49. The number of thioether (sulfide) groups is 1. The van der Waals surface area contributed by atoms with Crippen LogP contribution in [0, 0.1) is 0 Å². The molecule has 1 N–H and O–H groups in total. The smallest absolute Gasteiger partial charge is 0.234 e. The zero-order chi connectivity index (χ0) is 16.8. The Morgan fingerprint density at radius 1 is 1.21 bits per heavy atom. The second-order valence-electron chi connectivity index (χ2n) is 5.12. The zero-order valence-corrected chi connectivity index (χ0v) is 14.3. The summed E-state index contributed by atoms with van der Waals surface area (Å²) in [7, 11) is 0. The van der Waals surface area contributed by atoms with Gasteiger partial charge in [-0.15, -0.1) is 11.8 Å². The Morgan fingerprint density at radius 3 is 2.88 bits per heavy atom. The zero-order valence-electron chi connectivity index (χ0n) is 12.7. The number of rotatable bonds is 6. The Morgan fingerprint density at radius 2 is 2.08 bits per heavy atom. The molecule has 2 aromatic carbocycles. The van der Waals surface area contributed by atoms with Crippen molar-refractivity contribution in [1.29, 1.82) is 0 Å². The fourth-order valence-electron chi connectivity index (χ4n) is 2.19. The molecule has 0 fully saturated rings. The number of nitrogens with one attached hydrogen (secondary N) is 1. The SMILES string of the molecule is O=C(CSCc1cccc(Cl)c1)Nc1cccc(-c2cnco2)c1. The third kappa shape index (κ3) is 4.63. The first-order chi connectivity index (χ1) is 11.7. The Bertz CT molecular complexity index is 821. The standard InChI is InChI=1S/C18H15ClN2O2S/c19-15-5-1-3-13(7-15)10-24-11-18(22)21-16-6-2-4-14(8-16)17-9-20-12-23-17/h1-9,12H,10-11H2,(H,21,22). The largest absolute Gasteiger partial charge is 0.444 e. The molecular formula is C18H15ClN2O2S. The van der Waals surface area contributed by atoms with Crippen LogP contribution in [0.5, 0.6) is 0 Å². The highest BCUT2D eigenvalue weighted by molar-refractivity contribution is 7.99. The molecule has 0 bridgehead atoms. The number of aromatic nitrogens is 1. The summed E-state index contributed by atoms with van der Waals surface area (Å²) in [4.78, 5) is 16.0. The predicted molar refractivity (Wildman–Crippen MR) is 98.2 cm³/mol. The average molecular weight is 359 g/mol. The van der Waals surface area contributed by atoms with Gasteiger partial charge in [0.1, 0.15) is 0 Å². The topological polar surface area (TPSA) is 55.1 Å². The average Bonchev–Trinajstić information content (AvgIpc) is 3.10. The number of amides is 1. The summed E-state index contributed by atoms with van der Waals surface area (Å²) in [6, 6.07) is 15.1. The molecule has 1 heterocycles. The van der Waals surface area contributed by atoms with Crippen LogP contribution in [0.25, 0.3) is 11.3 Å². The molecule has 0 saturated heterocycles. The number of carbonyl (C=O) groups is 1.